The van der Waals surface area contributed by atoms with Crippen LogP contribution in [0, 0.1) is 0 Å². The minimum Gasteiger partial charge on any atom is -0.494 e. The molecule has 0 saturated heterocycles. The van der Waals surface area contributed by atoms with Crippen molar-refractivity contribution in [2.24, 2.45) is 5.10 Å². The highest BCUT2D eigenvalue weighted by atomic mass is 16.6. The monoisotopic (exact) mass is 482 g/mol. The van der Waals surface area contributed by atoms with Gasteiger partial charge >= 0.3 is 5.97 Å². The molecule has 0 bridgehead atoms. The summed E-state index contributed by atoms with van der Waals surface area (Å²) in [4.78, 5) is 24.5. The molecule has 190 valence electrons. The lowest BCUT2D eigenvalue weighted by Crippen LogP contribution is -2.16. The summed E-state index contributed by atoms with van der Waals surface area (Å²) in [6.45, 7) is 6.92. The number of carbonyl (C=O) groups excluding carboxylic acids is 2. The highest BCUT2D eigenvalue weighted by molar-refractivity contribution is 5.91. The molecule has 0 aromatic heterocycles. The van der Waals surface area contributed by atoms with Crippen molar-refractivity contribution in [2.45, 2.75) is 72.1 Å². The fourth-order valence-electron chi connectivity index (χ4n) is 3.45. The molecule has 0 atom stereocenters. The minimum absolute atomic E-state index is 0.0965. The highest BCUT2D eigenvalue weighted by Gasteiger charge is 2.13. The first kappa shape index (κ1) is 27.9. The summed E-state index contributed by atoms with van der Waals surface area (Å²) in [6, 6.07) is 11.9. The summed E-state index contributed by atoms with van der Waals surface area (Å²) in [6.07, 6.45) is 10.2. The second-order valence-electron chi connectivity index (χ2n) is 8.15. The van der Waals surface area contributed by atoms with Gasteiger partial charge in [-0.1, -0.05) is 45.4 Å². The van der Waals surface area contributed by atoms with Crippen LogP contribution in [0.25, 0.3) is 0 Å². The van der Waals surface area contributed by atoms with E-state index in [1.54, 1.807) is 48.7 Å². The van der Waals surface area contributed by atoms with Gasteiger partial charge in [-0.2, -0.15) is 5.10 Å². The van der Waals surface area contributed by atoms with E-state index in [-0.39, 0.29) is 5.91 Å². The van der Waals surface area contributed by atoms with E-state index in [0.717, 1.165) is 12.8 Å². The largest absolute Gasteiger partial charge is 0.494 e. The van der Waals surface area contributed by atoms with E-state index < -0.39 is 5.97 Å². The lowest BCUT2D eigenvalue weighted by Gasteiger charge is -2.11. The molecule has 0 heterocycles. The first-order valence-corrected chi connectivity index (χ1v) is 12.6. The molecule has 1 amide bonds. The molecule has 7 heteroatoms. The second-order valence-corrected chi connectivity index (χ2v) is 8.15. The van der Waals surface area contributed by atoms with Gasteiger partial charge in [-0.05, 0) is 68.3 Å². The number of nitrogens with zero attached hydrogens (tertiary/aromatic N) is 1. The molecule has 1 N–H and O–H groups in total. The normalized spacial score (nSPS) is 10.8. The van der Waals surface area contributed by atoms with Crippen molar-refractivity contribution in [1.82, 2.24) is 5.43 Å². The molecular formula is C28H38N2O5. The number of unbranched alkanes of at least 4 members (excludes halogenated alkanes) is 6. The smallest absolute Gasteiger partial charge is 0.343 e. The number of amides is 1. The number of rotatable bonds is 16. The zero-order valence-corrected chi connectivity index (χ0v) is 21.2. The van der Waals surface area contributed by atoms with Crippen molar-refractivity contribution in [3.8, 4) is 17.2 Å². The number of esters is 1. The quantitative estimate of drug-likeness (QED) is 0.0998. The molecule has 0 unspecified atom stereocenters. The Balaban J connectivity index is 1.87. The van der Waals surface area contributed by atoms with E-state index in [1.807, 2.05) is 13.8 Å². The molecule has 0 spiro atoms. The van der Waals surface area contributed by atoms with Crippen LogP contribution in [0.5, 0.6) is 17.2 Å². The van der Waals surface area contributed by atoms with Crippen molar-refractivity contribution in [3.05, 3.63) is 53.6 Å². The Labute approximate surface area is 208 Å². The van der Waals surface area contributed by atoms with Gasteiger partial charge in [0.25, 0.3) is 0 Å². The van der Waals surface area contributed by atoms with E-state index >= 15 is 0 Å². The fraction of sp³-hybridized carbons (Fsp3) is 0.464. The Morgan fingerprint density at radius 1 is 0.829 bits per heavy atom. The zero-order chi connectivity index (χ0) is 25.3. The van der Waals surface area contributed by atoms with Crippen molar-refractivity contribution in [3.63, 3.8) is 0 Å². The summed E-state index contributed by atoms with van der Waals surface area (Å²) >= 11 is 0. The maximum atomic E-state index is 12.6. The van der Waals surface area contributed by atoms with Crippen molar-refractivity contribution in [2.75, 3.05) is 13.2 Å². The number of hydrogen-bond acceptors (Lipinski definition) is 6. The SMILES string of the molecule is CCCCCCCCCC(=O)N/N=C/c1ccc(OC(=O)c2ccc(OCC)cc2)c(OCC)c1. The van der Waals surface area contributed by atoms with Gasteiger partial charge in [0.1, 0.15) is 5.75 Å². The summed E-state index contributed by atoms with van der Waals surface area (Å²) < 4.78 is 16.6. The summed E-state index contributed by atoms with van der Waals surface area (Å²) in [7, 11) is 0. The third-order valence-corrected chi connectivity index (χ3v) is 5.28. The molecule has 0 saturated carbocycles. The minimum atomic E-state index is -0.493. The number of benzene rings is 2. The first-order valence-electron chi connectivity index (χ1n) is 12.6. The number of nitrogens with one attached hydrogen (secondary N) is 1. The average molecular weight is 483 g/mol. The molecule has 2 aromatic carbocycles. The van der Waals surface area contributed by atoms with Gasteiger partial charge in [0.2, 0.25) is 5.91 Å². The number of hydrogen-bond donors (Lipinski definition) is 1. The van der Waals surface area contributed by atoms with Crippen LogP contribution in [0.15, 0.2) is 47.6 Å². The Hall–Kier alpha value is -3.35. The van der Waals surface area contributed by atoms with E-state index in [0.29, 0.717) is 48.0 Å². The van der Waals surface area contributed by atoms with Crippen LogP contribution in [0.4, 0.5) is 0 Å². The predicted octanol–water partition coefficient (Wildman–Crippen LogP) is 6.29. The maximum Gasteiger partial charge on any atom is 0.343 e. The molecule has 2 aromatic rings. The summed E-state index contributed by atoms with van der Waals surface area (Å²) in [5, 5.41) is 4.04. The standard InChI is InChI=1S/C28H38N2O5/c1-4-7-8-9-10-11-12-13-27(31)30-29-21-22-14-19-25(26(20-22)34-6-3)35-28(32)23-15-17-24(18-16-23)33-5-2/h14-21H,4-13H2,1-3H3,(H,30,31)/b29-21+. The van der Waals surface area contributed by atoms with Crippen LogP contribution in [-0.2, 0) is 4.79 Å². The molecule has 0 aliphatic heterocycles. The van der Waals surface area contributed by atoms with Crippen LogP contribution < -0.4 is 19.6 Å². The third-order valence-electron chi connectivity index (χ3n) is 5.28. The van der Waals surface area contributed by atoms with Gasteiger partial charge in [0.15, 0.2) is 11.5 Å². The van der Waals surface area contributed by atoms with Crippen LogP contribution in [-0.4, -0.2) is 31.3 Å². The van der Waals surface area contributed by atoms with Gasteiger partial charge in [0, 0.05) is 6.42 Å². The molecule has 0 fully saturated rings. The van der Waals surface area contributed by atoms with Crippen LogP contribution in [0.2, 0.25) is 0 Å². The Kier molecular flexibility index (Phi) is 13.0. The van der Waals surface area contributed by atoms with Crippen LogP contribution in [0.1, 0.15) is 88.1 Å². The first-order chi connectivity index (χ1) is 17.1. The average Bonchev–Trinajstić information content (AvgIpc) is 2.86. The second kappa shape index (κ2) is 16.3. The van der Waals surface area contributed by atoms with Crippen molar-refractivity contribution >= 4 is 18.1 Å². The van der Waals surface area contributed by atoms with Crippen LogP contribution >= 0.6 is 0 Å². The third kappa shape index (κ3) is 10.6. The predicted molar refractivity (Wildman–Crippen MR) is 139 cm³/mol. The highest BCUT2D eigenvalue weighted by Crippen LogP contribution is 2.29. The van der Waals surface area contributed by atoms with E-state index in [2.05, 4.69) is 17.5 Å². The number of ether oxygens (including phenoxy) is 3. The van der Waals surface area contributed by atoms with Gasteiger partial charge < -0.3 is 14.2 Å². The van der Waals surface area contributed by atoms with Crippen LogP contribution in [0.3, 0.4) is 0 Å². The van der Waals surface area contributed by atoms with Crippen molar-refractivity contribution < 1.29 is 23.8 Å². The van der Waals surface area contributed by atoms with Gasteiger partial charge in [-0.15, -0.1) is 0 Å². The molecule has 0 aliphatic rings. The fourth-order valence-corrected chi connectivity index (χ4v) is 3.45. The molecule has 35 heavy (non-hydrogen) atoms. The summed E-state index contributed by atoms with van der Waals surface area (Å²) in [5.74, 6) is 0.835. The van der Waals surface area contributed by atoms with Gasteiger partial charge in [0.05, 0.1) is 25.0 Å². The molecule has 0 aliphatic carbocycles. The zero-order valence-electron chi connectivity index (χ0n) is 21.2. The van der Waals surface area contributed by atoms with Gasteiger partial charge in [-0.25, -0.2) is 10.2 Å². The Bertz CT molecular complexity index is 941. The maximum absolute atomic E-state index is 12.6. The topological polar surface area (TPSA) is 86.2 Å². The molecule has 2 rings (SSSR count). The number of carbonyl (C=O) groups is 2. The molecule has 7 nitrogen and oxygen atoms in total. The molecule has 0 radical (unpaired) electrons. The number of hydrazone groups is 1. The van der Waals surface area contributed by atoms with E-state index in [4.69, 9.17) is 14.2 Å². The Morgan fingerprint density at radius 2 is 1.51 bits per heavy atom. The lowest BCUT2D eigenvalue weighted by atomic mass is 10.1. The molecular weight excluding hydrogens is 444 g/mol. The van der Waals surface area contributed by atoms with Crippen molar-refractivity contribution in [1.29, 1.82) is 0 Å². The Morgan fingerprint density at radius 3 is 2.20 bits per heavy atom. The van der Waals surface area contributed by atoms with Gasteiger partial charge in [-0.3, -0.25) is 4.79 Å². The van der Waals surface area contributed by atoms with E-state index in [9.17, 15) is 9.59 Å². The lowest BCUT2D eigenvalue weighted by molar-refractivity contribution is -0.121. The van der Waals surface area contributed by atoms with E-state index in [1.165, 1.54) is 32.1 Å². The summed E-state index contributed by atoms with van der Waals surface area (Å²) in [5.41, 5.74) is 3.69.